The quantitative estimate of drug-likeness (QED) is 0.476. The molecule has 20 heavy (non-hydrogen) atoms. The van der Waals surface area contributed by atoms with Crippen molar-refractivity contribution >= 4 is 11.5 Å². The van der Waals surface area contributed by atoms with Gasteiger partial charge in [0.15, 0.2) is 5.76 Å². The normalized spacial score (nSPS) is 10.8. The van der Waals surface area contributed by atoms with Gasteiger partial charge in [-0.3, -0.25) is 14.9 Å². The van der Waals surface area contributed by atoms with Crippen LogP contribution in [-0.2, 0) is 0 Å². The largest absolute Gasteiger partial charge is 0.453 e. The summed E-state index contributed by atoms with van der Waals surface area (Å²) in [5.74, 6) is 0.558. The zero-order valence-corrected chi connectivity index (χ0v) is 11.2. The Morgan fingerprint density at radius 1 is 1.30 bits per heavy atom. The first-order chi connectivity index (χ1) is 9.47. The lowest BCUT2D eigenvalue weighted by atomic mass is 10.1. The van der Waals surface area contributed by atoms with Gasteiger partial charge < -0.3 is 9.32 Å². The zero-order chi connectivity index (χ0) is 14.7. The molecule has 2 rings (SSSR count). The molecule has 0 spiro atoms. The first-order valence-corrected chi connectivity index (χ1v) is 6.00. The summed E-state index contributed by atoms with van der Waals surface area (Å²) in [6.45, 7) is 0.252. The average Bonchev–Trinajstić information content (AvgIpc) is 2.87. The van der Waals surface area contributed by atoms with E-state index in [2.05, 4.69) is 0 Å². The minimum atomic E-state index is -0.468. The van der Waals surface area contributed by atoms with Gasteiger partial charge in [-0.2, -0.15) is 0 Å². The summed E-state index contributed by atoms with van der Waals surface area (Å²) in [5, 5.41) is 10.7. The van der Waals surface area contributed by atoms with E-state index in [4.69, 9.17) is 4.42 Å². The number of carbonyl (C=O) groups is 1. The first kappa shape index (κ1) is 14.0. The van der Waals surface area contributed by atoms with Crippen LogP contribution < -0.4 is 0 Å². The second-order valence-corrected chi connectivity index (χ2v) is 4.63. The van der Waals surface area contributed by atoms with Gasteiger partial charge in [0.25, 0.3) is 5.69 Å². The van der Waals surface area contributed by atoms with E-state index in [1.165, 1.54) is 12.1 Å². The van der Waals surface area contributed by atoms with Crippen molar-refractivity contribution in [2.45, 2.75) is 0 Å². The number of likely N-dealkylation sites (N-methyl/N-ethyl adjacent to an activating group) is 1. The molecule has 0 radical (unpaired) electrons. The Kier molecular flexibility index (Phi) is 3.95. The fourth-order valence-corrected chi connectivity index (χ4v) is 1.78. The van der Waals surface area contributed by atoms with E-state index in [1.807, 2.05) is 0 Å². The first-order valence-electron chi connectivity index (χ1n) is 6.00. The molecule has 0 unspecified atom stereocenters. The molecule has 6 heteroatoms. The predicted octanol–water partition coefficient (Wildman–Crippen LogP) is 2.60. The van der Waals surface area contributed by atoms with Crippen LogP contribution >= 0.6 is 0 Å². The highest BCUT2D eigenvalue weighted by atomic mass is 16.6. The Hall–Kier alpha value is -2.47. The molecule has 2 aromatic rings. The predicted molar refractivity (Wildman–Crippen MR) is 73.7 cm³/mol. The van der Waals surface area contributed by atoms with Crippen LogP contribution in [0.1, 0.15) is 10.6 Å². The van der Waals surface area contributed by atoms with Gasteiger partial charge in [-0.25, -0.2) is 0 Å². The summed E-state index contributed by atoms with van der Waals surface area (Å²) in [6.07, 6.45) is 0. The lowest BCUT2D eigenvalue weighted by Gasteiger charge is -2.05. The van der Waals surface area contributed by atoms with Crippen molar-refractivity contribution < 1.29 is 14.1 Å². The van der Waals surface area contributed by atoms with Crippen LogP contribution in [0.3, 0.4) is 0 Å². The second-order valence-electron chi connectivity index (χ2n) is 4.63. The zero-order valence-electron chi connectivity index (χ0n) is 11.2. The molecule has 0 saturated heterocycles. The van der Waals surface area contributed by atoms with Crippen LogP contribution in [0.25, 0.3) is 11.3 Å². The number of hydrogen-bond acceptors (Lipinski definition) is 5. The van der Waals surface area contributed by atoms with Crippen LogP contribution in [0.2, 0.25) is 0 Å². The van der Waals surface area contributed by atoms with Crippen molar-refractivity contribution in [2.24, 2.45) is 0 Å². The van der Waals surface area contributed by atoms with Crippen LogP contribution in [0.15, 0.2) is 40.8 Å². The molecule has 0 N–H and O–H groups in total. The maximum Gasteiger partial charge on any atom is 0.270 e. The Bertz CT molecular complexity index is 646. The highest BCUT2D eigenvalue weighted by Gasteiger charge is 2.14. The molecule has 0 bridgehead atoms. The Morgan fingerprint density at radius 3 is 2.70 bits per heavy atom. The van der Waals surface area contributed by atoms with E-state index in [0.29, 0.717) is 11.3 Å². The molecule has 0 aliphatic heterocycles. The summed E-state index contributed by atoms with van der Waals surface area (Å²) in [6, 6.07) is 9.33. The average molecular weight is 274 g/mol. The van der Waals surface area contributed by atoms with Crippen molar-refractivity contribution in [3.8, 4) is 11.3 Å². The lowest BCUT2D eigenvalue weighted by Crippen LogP contribution is -2.21. The molecule has 0 atom stereocenters. The highest BCUT2D eigenvalue weighted by molar-refractivity contribution is 5.95. The third-order valence-electron chi connectivity index (χ3n) is 2.68. The molecule has 0 fully saturated rings. The molecule has 0 aliphatic rings. The smallest absolute Gasteiger partial charge is 0.270 e. The number of carbonyl (C=O) groups excluding carboxylic acids is 1. The van der Waals surface area contributed by atoms with Gasteiger partial charge >= 0.3 is 0 Å². The number of furan rings is 1. The van der Waals surface area contributed by atoms with Gasteiger partial charge in [0.2, 0.25) is 5.78 Å². The lowest BCUT2D eigenvalue weighted by molar-refractivity contribution is -0.384. The van der Waals surface area contributed by atoms with Crippen molar-refractivity contribution in [1.82, 2.24) is 4.90 Å². The summed E-state index contributed by atoms with van der Waals surface area (Å²) >= 11 is 0. The van der Waals surface area contributed by atoms with Gasteiger partial charge in [-0.15, -0.1) is 0 Å². The molecular weight excluding hydrogens is 260 g/mol. The van der Waals surface area contributed by atoms with E-state index < -0.39 is 4.92 Å². The second kappa shape index (κ2) is 5.66. The van der Waals surface area contributed by atoms with E-state index in [-0.39, 0.29) is 23.8 Å². The number of hydrogen-bond donors (Lipinski definition) is 0. The van der Waals surface area contributed by atoms with E-state index in [0.717, 1.165) is 0 Å². The third kappa shape index (κ3) is 3.10. The highest BCUT2D eigenvalue weighted by Crippen LogP contribution is 2.25. The van der Waals surface area contributed by atoms with Gasteiger partial charge in [-0.1, -0.05) is 12.1 Å². The molecule has 6 nitrogen and oxygen atoms in total. The van der Waals surface area contributed by atoms with Crippen LogP contribution in [0, 0.1) is 10.1 Å². The Morgan fingerprint density at radius 2 is 2.05 bits per heavy atom. The number of benzene rings is 1. The molecule has 104 valence electrons. The summed E-state index contributed by atoms with van der Waals surface area (Å²) in [7, 11) is 3.59. The minimum absolute atomic E-state index is 0.0138. The van der Waals surface area contributed by atoms with Crippen molar-refractivity contribution in [1.29, 1.82) is 0 Å². The fourth-order valence-electron chi connectivity index (χ4n) is 1.78. The Labute approximate surface area is 115 Å². The number of nitro groups is 1. The van der Waals surface area contributed by atoms with E-state index >= 15 is 0 Å². The molecule has 0 saturated carbocycles. The number of rotatable bonds is 5. The SMILES string of the molecule is CN(C)CC(=O)c1ccc(-c2cccc([N+](=O)[O-])c2)o1. The molecule has 0 amide bonds. The molecule has 1 heterocycles. The maximum atomic E-state index is 11.8. The third-order valence-corrected chi connectivity index (χ3v) is 2.68. The monoisotopic (exact) mass is 274 g/mol. The van der Waals surface area contributed by atoms with Crippen LogP contribution in [-0.4, -0.2) is 36.2 Å². The van der Waals surface area contributed by atoms with Gasteiger partial charge in [0, 0.05) is 17.7 Å². The maximum absolute atomic E-state index is 11.8. The van der Waals surface area contributed by atoms with Crippen LogP contribution in [0.5, 0.6) is 0 Å². The van der Waals surface area contributed by atoms with Gasteiger partial charge in [0.05, 0.1) is 11.5 Å². The number of Topliss-reactive ketones (excluding diaryl/α,β-unsaturated/α-hetero) is 1. The Balaban J connectivity index is 2.26. The molecule has 0 aliphatic carbocycles. The fraction of sp³-hybridized carbons (Fsp3) is 0.214. The van der Waals surface area contributed by atoms with Crippen molar-refractivity contribution in [3.63, 3.8) is 0 Å². The van der Waals surface area contributed by atoms with E-state index in [9.17, 15) is 14.9 Å². The minimum Gasteiger partial charge on any atom is -0.453 e. The van der Waals surface area contributed by atoms with E-state index in [1.54, 1.807) is 43.3 Å². The van der Waals surface area contributed by atoms with Crippen LogP contribution in [0.4, 0.5) is 5.69 Å². The summed E-state index contributed by atoms with van der Waals surface area (Å²) in [5.41, 5.74) is 0.558. The van der Waals surface area contributed by atoms with Gasteiger partial charge in [0.1, 0.15) is 5.76 Å². The number of nitro benzene ring substituents is 1. The standard InChI is InChI=1S/C14H14N2O4/c1-15(2)9-12(17)14-7-6-13(20-14)10-4-3-5-11(8-10)16(18)19/h3-8H,9H2,1-2H3. The molecule has 1 aromatic carbocycles. The number of nitrogens with zero attached hydrogens (tertiary/aromatic N) is 2. The molecule has 1 aromatic heterocycles. The summed E-state index contributed by atoms with van der Waals surface area (Å²) in [4.78, 5) is 23.8. The number of non-ortho nitro benzene ring substituents is 1. The summed E-state index contributed by atoms with van der Waals surface area (Å²) < 4.78 is 5.47. The van der Waals surface area contributed by atoms with Gasteiger partial charge in [-0.05, 0) is 26.2 Å². The topological polar surface area (TPSA) is 76.6 Å². The molecular formula is C14H14N2O4. The van der Waals surface area contributed by atoms with Crippen molar-refractivity contribution in [2.75, 3.05) is 20.6 Å². The number of ketones is 1. The van der Waals surface area contributed by atoms with Crippen molar-refractivity contribution in [3.05, 3.63) is 52.3 Å².